The number of hydrogen-bond acceptors (Lipinski definition) is 2. The van der Waals surface area contributed by atoms with Crippen molar-refractivity contribution in [3.05, 3.63) is 94.5 Å². The molecule has 3 nitrogen and oxygen atoms in total. The van der Waals surface area contributed by atoms with Gasteiger partial charge in [0.05, 0.1) is 10.6 Å². The van der Waals surface area contributed by atoms with Gasteiger partial charge < -0.3 is 10.1 Å². The first-order valence-corrected chi connectivity index (χ1v) is 8.15. The van der Waals surface area contributed by atoms with Crippen molar-refractivity contribution in [3.63, 3.8) is 0 Å². The van der Waals surface area contributed by atoms with Gasteiger partial charge in [0.2, 0.25) is 0 Å². The van der Waals surface area contributed by atoms with E-state index in [4.69, 9.17) is 16.3 Å². The SMILES string of the molecule is O=C(NCc1ccc(Oc2ccc(F)cc2)cc1)c1c(F)cccc1Cl. The average molecular weight is 374 g/mol. The summed E-state index contributed by atoms with van der Waals surface area (Å²) in [4.78, 5) is 12.1. The molecule has 0 fully saturated rings. The number of carbonyl (C=O) groups excluding carboxylic acids is 1. The summed E-state index contributed by atoms with van der Waals surface area (Å²) in [5.74, 6) is -0.498. The summed E-state index contributed by atoms with van der Waals surface area (Å²) in [5, 5.41) is 2.69. The van der Waals surface area contributed by atoms with Crippen molar-refractivity contribution in [2.75, 3.05) is 0 Å². The molecule has 0 bridgehead atoms. The molecule has 6 heteroatoms. The third-order valence-corrected chi connectivity index (χ3v) is 3.93. The van der Waals surface area contributed by atoms with Crippen molar-refractivity contribution in [2.45, 2.75) is 6.54 Å². The minimum atomic E-state index is -0.668. The summed E-state index contributed by atoms with van der Waals surface area (Å²) >= 11 is 5.87. The quantitative estimate of drug-likeness (QED) is 0.655. The van der Waals surface area contributed by atoms with E-state index >= 15 is 0 Å². The standard InChI is InChI=1S/C20H14ClF2NO2/c21-17-2-1-3-18(23)19(17)20(25)24-12-13-4-8-15(9-5-13)26-16-10-6-14(22)7-11-16/h1-11H,12H2,(H,24,25). The Kier molecular flexibility index (Phi) is 5.49. The molecule has 26 heavy (non-hydrogen) atoms. The van der Waals surface area contributed by atoms with Crippen LogP contribution in [0.3, 0.4) is 0 Å². The minimum Gasteiger partial charge on any atom is -0.457 e. The molecule has 0 radical (unpaired) electrons. The Labute approximate surface area is 154 Å². The third kappa shape index (κ3) is 4.37. The smallest absolute Gasteiger partial charge is 0.256 e. The van der Waals surface area contributed by atoms with Gasteiger partial charge in [-0.1, -0.05) is 29.8 Å². The van der Waals surface area contributed by atoms with Crippen molar-refractivity contribution in [2.24, 2.45) is 0 Å². The average Bonchev–Trinajstić information content (AvgIpc) is 2.63. The predicted octanol–water partition coefficient (Wildman–Crippen LogP) is 5.34. The first kappa shape index (κ1) is 17.9. The van der Waals surface area contributed by atoms with Gasteiger partial charge in [0, 0.05) is 6.54 Å². The number of rotatable bonds is 5. The van der Waals surface area contributed by atoms with E-state index in [1.54, 1.807) is 24.3 Å². The fourth-order valence-corrected chi connectivity index (χ4v) is 2.55. The van der Waals surface area contributed by atoms with Crippen LogP contribution in [0.5, 0.6) is 11.5 Å². The molecule has 0 saturated heterocycles. The Morgan fingerprint density at radius 3 is 2.15 bits per heavy atom. The molecular weight excluding hydrogens is 360 g/mol. The number of carbonyl (C=O) groups is 1. The van der Waals surface area contributed by atoms with Gasteiger partial charge in [-0.05, 0) is 54.1 Å². The van der Waals surface area contributed by atoms with E-state index in [9.17, 15) is 13.6 Å². The lowest BCUT2D eigenvalue weighted by Gasteiger charge is -2.09. The maximum Gasteiger partial charge on any atom is 0.256 e. The highest BCUT2D eigenvalue weighted by atomic mass is 35.5. The minimum absolute atomic E-state index is 0.0607. The molecule has 0 atom stereocenters. The van der Waals surface area contributed by atoms with Crippen LogP contribution in [0.2, 0.25) is 5.02 Å². The Morgan fingerprint density at radius 1 is 0.923 bits per heavy atom. The monoisotopic (exact) mass is 373 g/mol. The van der Waals surface area contributed by atoms with Crippen LogP contribution in [0.25, 0.3) is 0 Å². The van der Waals surface area contributed by atoms with Crippen LogP contribution in [0.15, 0.2) is 66.7 Å². The molecule has 0 aromatic heterocycles. The maximum absolute atomic E-state index is 13.7. The zero-order valence-corrected chi connectivity index (χ0v) is 14.3. The summed E-state index contributed by atoms with van der Waals surface area (Å²) in [6.45, 7) is 0.209. The molecule has 0 heterocycles. The van der Waals surface area contributed by atoms with Crippen LogP contribution in [-0.4, -0.2) is 5.91 Å². The van der Waals surface area contributed by atoms with E-state index in [1.807, 2.05) is 0 Å². The predicted molar refractivity (Wildman–Crippen MR) is 95.5 cm³/mol. The summed E-state index contributed by atoms with van der Waals surface area (Å²) in [6, 6.07) is 16.7. The third-order valence-electron chi connectivity index (χ3n) is 3.62. The number of hydrogen-bond donors (Lipinski definition) is 1. The zero-order valence-electron chi connectivity index (χ0n) is 13.5. The topological polar surface area (TPSA) is 38.3 Å². The van der Waals surface area contributed by atoms with Crippen LogP contribution in [0, 0.1) is 11.6 Å². The second-order valence-electron chi connectivity index (χ2n) is 5.48. The Balaban J connectivity index is 1.61. The van der Waals surface area contributed by atoms with Crippen molar-refractivity contribution in [1.82, 2.24) is 5.32 Å². The molecular formula is C20H14ClF2NO2. The lowest BCUT2D eigenvalue weighted by atomic mass is 10.1. The Hall–Kier alpha value is -2.92. The number of benzene rings is 3. The van der Waals surface area contributed by atoms with Crippen LogP contribution >= 0.6 is 11.6 Å². The number of amides is 1. The molecule has 3 aromatic rings. The summed E-state index contributed by atoms with van der Waals surface area (Å²) < 4.78 is 32.2. The Morgan fingerprint density at radius 2 is 1.54 bits per heavy atom. The highest BCUT2D eigenvalue weighted by Crippen LogP contribution is 2.22. The zero-order chi connectivity index (χ0) is 18.5. The van der Waals surface area contributed by atoms with Gasteiger partial charge in [-0.3, -0.25) is 4.79 Å². The second kappa shape index (κ2) is 7.97. The molecule has 132 valence electrons. The van der Waals surface area contributed by atoms with E-state index in [-0.39, 0.29) is 22.9 Å². The number of ether oxygens (including phenoxy) is 1. The largest absolute Gasteiger partial charge is 0.457 e. The van der Waals surface area contributed by atoms with Gasteiger partial charge >= 0.3 is 0 Å². The van der Waals surface area contributed by atoms with Crippen molar-refractivity contribution < 1.29 is 18.3 Å². The van der Waals surface area contributed by atoms with Gasteiger partial charge in [0.15, 0.2) is 0 Å². The van der Waals surface area contributed by atoms with Crippen LogP contribution in [0.1, 0.15) is 15.9 Å². The second-order valence-corrected chi connectivity index (χ2v) is 5.89. The molecule has 0 spiro atoms. The highest BCUT2D eigenvalue weighted by Gasteiger charge is 2.15. The molecule has 1 N–H and O–H groups in total. The summed E-state index contributed by atoms with van der Waals surface area (Å²) in [6.07, 6.45) is 0. The van der Waals surface area contributed by atoms with E-state index in [0.717, 1.165) is 5.56 Å². The van der Waals surface area contributed by atoms with E-state index in [1.165, 1.54) is 42.5 Å². The first-order valence-electron chi connectivity index (χ1n) is 7.77. The van der Waals surface area contributed by atoms with Crippen LogP contribution in [0.4, 0.5) is 8.78 Å². The number of halogens is 3. The van der Waals surface area contributed by atoms with Gasteiger partial charge in [0.25, 0.3) is 5.91 Å². The molecule has 1 amide bonds. The van der Waals surface area contributed by atoms with Crippen molar-refractivity contribution in [3.8, 4) is 11.5 Å². The molecule has 3 aromatic carbocycles. The molecule has 3 rings (SSSR count). The first-order chi connectivity index (χ1) is 12.5. The van der Waals surface area contributed by atoms with Gasteiger partial charge in [-0.15, -0.1) is 0 Å². The molecule has 0 aliphatic rings. The molecule has 0 aliphatic heterocycles. The van der Waals surface area contributed by atoms with Crippen LogP contribution in [-0.2, 0) is 6.54 Å². The molecule has 0 unspecified atom stereocenters. The Bertz CT molecular complexity index is 892. The van der Waals surface area contributed by atoms with Crippen molar-refractivity contribution >= 4 is 17.5 Å². The summed E-state index contributed by atoms with van der Waals surface area (Å²) in [5.41, 5.74) is 0.627. The fourth-order valence-electron chi connectivity index (χ4n) is 2.30. The van der Waals surface area contributed by atoms with Crippen LogP contribution < -0.4 is 10.1 Å². The van der Waals surface area contributed by atoms with Crippen molar-refractivity contribution in [1.29, 1.82) is 0 Å². The van der Waals surface area contributed by atoms with Gasteiger partial charge in [0.1, 0.15) is 23.1 Å². The lowest BCUT2D eigenvalue weighted by Crippen LogP contribution is -2.24. The lowest BCUT2D eigenvalue weighted by molar-refractivity contribution is 0.0947. The van der Waals surface area contributed by atoms with Gasteiger partial charge in [-0.2, -0.15) is 0 Å². The van der Waals surface area contributed by atoms with E-state index in [2.05, 4.69) is 5.32 Å². The van der Waals surface area contributed by atoms with E-state index in [0.29, 0.717) is 11.5 Å². The fraction of sp³-hybridized carbons (Fsp3) is 0.0500. The number of nitrogens with one attached hydrogen (secondary N) is 1. The van der Waals surface area contributed by atoms with E-state index < -0.39 is 11.7 Å². The molecule has 0 aliphatic carbocycles. The molecule has 0 saturated carbocycles. The summed E-state index contributed by atoms with van der Waals surface area (Å²) in [7, 11) is 0. The highest BCUT2D eigenvalue weighted by molar-refractivity contribution is 6.33. The normalized spacial score (nSPS) is 10.4. The maximum atomic E-state index is 13.7. The van der Waals surface area contributed by atoms with Gasteiger partial charge in [-0.25, -0.2) is 8.78 Å².